The Balaban J connectivity index is 1.74. The second kappa shape index (κ2) is 10.4. The van der Waals surface area contributed by atoms with E-state index in [1.54, 1.807) is 43.3 Å². The van der Waals surface area contributed by atoms with Gasteiger partial charge in [-0.15, -0.1) is 0 Å². The highest BCUT2D eigenvalue weighted by Gasteiger charge is 2.48. The number of aliphatic hydroxyl groups excluding tert-OH is 1. The maximum absolute atomic E-state index is 13.6. The Kier molecular flexibility index (Phi) is 7.01. The Labute approximate surface area is 229 Å². The van der Waals surface area contributed by atoms with Crippen LogP contribution >= 0.6 is 11.3 Å². The van der Waals surface area contributed by atoms with Gasteiger partial charge in [-0.1, -0.05) is 35.6 Å². The van der Waals surface area contributed by atoms with Crippen molar-refractivity contribution in [2.24, 2.45) is 0 Å². The van der Waals surface area contributed by atoms with Gasteiger partial charge in [0.2, 0.25) is 0 Å². The van der Waals surface area contributed by atoms with E-state index >= 15 is 0 Å². The number of thiazole rings is 1. The largest absolute Gasteiger partial charge is 0.507 e. The predicted molar refractivity (Wildman–Crippen MR) is 151 cm³/mol. The zero-order valence-corrected chi connectivity index (χ0v) is 22.8. The topological polar surface area (TPSA) is 109 Å². The smallest absolute Gasteiger partial charge is 0.301 e. The summed E-state index contributed by atoms with van der Waals surface area (Å²) in [5.74, 6) is -1.32. The maximum atomic E-state index is 13.6. The van der Waals surface area contributed by atoms with Crippen molar-refractivity contribution in [3.63, 3.8) is 0 Å². The summed E-state index contributed by atoms with van der Waals surface area (Å²) < 4.78 is 12.0. The van der Waals surface area contributed by atoms with E-state index < -0.39 is 17.7 Å². The highest BCUT2D eigenvalue weighted by Crippen LogP contribution is 2.46. The fourth-order valence-electron chi connectivity index (χ4n) is 4.83. The minimum absolute atomic E-state index is 0.0759. The molecule has 1 unspecified atom stereocenters. The van der Waals surface area contributed by atoms with Crippen LogP contribution in [-0.4, -0.2) is 40.1 Å². The molecule has 3 aromatic carbocycles. The molecule has 0 saturated carbocycles. The molecule has 1 fully saturated rings. The van der Waals surface area contributed by atoms with Crippen LogP contribution in [0.3, 0.4) is 0 Å². The lowest BCUT2D eigenvalue weighted by atomic mass is 9.95. The molecule has 9 heteroatoms. The van der Waals surface area contributed by atoms with Gasteiger partial charge in [-0.25, -0.2) is 4.98 Å². The molecule has 5 rings (SSSR count). The van der Waals surface area contributed by atoms with Crippen LogP contribution in [0, 0.1) is 13.8 Å². The van der Waals surface area contributed by atoms with Gasteiger partial charge >= 0.3 is 5.91 Å². The lowest BCUT2D eigenvalue weighted by molar-refractivity contribution is -0.132. The van der Waals surface area contributed by atoms with Crippen molar-refractivity contribution in [2.45, 2.75) is 33.7 Å². The molecule has 8 nitrogen and oxygen atoms in total. The summed E-state index contributed by atoms with van der Waals surface area (Å²) in [5.41, 5.74) is 3.48. The standard InChI is InChI=1S/C30H28N2O6S/c1-5-37-20-9-7-8-19(14-20)27(34)24-26(18-10-11-21(33)22(15-18)38-6-2)32(29(36)28(24)35)30-31-25-17(4)12-16(3)13-23(25)39-30/h7-15,26,33-34H,5-6H2,1-4H3/b27-24+. The number of Topliss-reactive ketones (excluding diaryl/α,β-unsaturated/α-hetero) is 1. The van der Waals surface area contributed by atoms with Crippen molar-refractivity contribution < 1.29 is 29.3 Å². The lowest BCUT2D eigenvalue weighted by Crippen LogP contribution is -2.29. The minimum Gasteiger partial charge on any atom is -0.507 e. The Morgan fingerprint density at radius 3 is 2.54 bits per heavy atom. The Bertz CT molecular complexity index is 1640. The number of benzene rings is 3. The molecular formula is C30H28N2O6S. The number of nitrogens with zero attached hydrogens (tertiary/aromatic N) is 2. The quantitative estimate of drug-likeness (QED) is 0.166. The number of ether oxygens (including phenoxy) is 2. The van der Waals surface area contributed by atoms with Crippen molar-refractivity contribution in [2.75, 3.05) is 18.1 Å². The molecule has 1 aromatic heterocycles. The van der Waals surface area contributed by atoms with Gasteiger partial charge in [0.15, 0.2) is 16.6 Å². The number of aliphatic hydroxyl groups is 1. The van der Waals surface area contributed by atoms with E-state index in [0.717, 1.165) is 21.3 Å². The number of rotatable bonds is 7. The summed E-state index contributed by atoms with van der Waals surface area (Å²) in [6, 6.07) is 14.3. The van der Waals surface area contributed by atoms with Crippen LogP contribution in [0.2, 0.25) is 0 Å². The molecule has 0 bridgehead atoms. The molecule has 39 heavy (non-hydrogen) atoms. The van der Waals surface area contributed by atoms with E-state index in [1.165, 1.54) is 22.3 Å². The first-order valence-corrected chi connectivity index (χ1v) is 13.4. The Morgan fingerprint density at radius 2 is 1.79 bits per heavy atom. The zero-order valence-electron chi connectivity index (χ0n) is 22.0. The molecule has 1 amide bonds. The van der Waals surface area contributed by atoms with Crippen LogP contribution in [-0.2, 0) is 9.59 Å². The number of aromatic nitrogens is 1. The fourth-order valence-corrected chi connectivity index (χ4v) is 6.00. The molecule has 0 spiro atoms. The first-order chi connectivity index (χ1) is 18.7. The lowest BCUT2D eigenvalue weighted by Gasteiger charge is -2.23. The Morgan fingerprint density at radius 1 is 1.03 bits per heavy atom. The number of ketones is 1. The third-order valence-electron chi connectivity index (χ3n) is 6.49. The second-order valence-electron chi connectivity index (χ2n) is 9.22. The van der Waals surface area contributed by atoms with Gasteiger partial charge in [0.1, 0.15) is 11.5 Å². The first kappa shape index (κ1) is 26.2. The summed E-state index contributed by atoms with van der Waals surface area (Å²) in [4.78, 5) is 33.2. The summed E-state index contributed by atoms with van der Waals surface area (Å²) in [5, 5.41) is 22.1. The first-order valence-electron chi connectivity index (χ1n) is 12.6. The van der Waals surface area contributed by atoms with Crippen LogP contribution in [0.1, 0.15) is 42.1 Å². The van der Waals surface area contributed by atoms with Gasteiger partial charge in [-0.05, 0) is 74.7 Å². The third kappa shape index (κ3) is 4.70. The molecule has 1 aliphatic heterocycles. The van der Waals surface area contributed by atoms with Gasteiger partial charge in [-0.3, -0.25) is 14.5 Å². The SMILES string of the molecule is CCOc1cccc(/C(O)=C2\C(=O)C(=O)N(c3nc4c(C)cc(C)cc4s3)C2c2ccc(O)c(OCC)c2)c1. The van der Waals surface area contributed by atoms with Crippen LogP contribution in [0.15, 0.2) is 60.2 Å². The number of amides is 1. The fraction of sp³-hybridized carbons (Fsp3) is 0.233. The van der Waals surface area contributed by atoms with E-state index in [2.05, 4.69) is 0 Å². The number of hydrogen-bond donors (Lipinski definition) is 2. The van der Waals surface area contributed by atoms with Gasteiger partial charge in [0.05, 0.1) is 35.0 Å². The molecule has 2 N–H and O–H groups in total. The van der Waals surface area contributed by atoms with Crippen molar-refractivity contribution >= 4 is 44.1 Å². The molecular weight excluding hydrogens is 516 g/mol. The predicted octanol–water partition coefficient (Wildman–Crippen LogP) is 6.04. The molecule has 1 saturated heterocycles. The number of aryl methyl sites for hydroxylation is 2. The van der Waals surface area contributed by atoms with Crippen molar-refractivity contribution in [1.82, 2.24) is 4.98 Å². The van der Waals surface area contributed by atoms with Crippen LogP contribution < -0.4 is 14.4 Å². The van der Waals surface area contributed by atoms with E-state index in [-0.39, 0.29) is 22.8 Å². The van der Waals surface area contributed by atoms with Gasteiger partial charge < -0.3 is 19.7 Å². The van der Waals surface area contributed by atoms with Gasteiger partial charge in [0, 0.05) is 5.56 Å². The van der Waals surface area contributed by atoms with Gasteiger partial charge in [-0.2, -0.15) is 0 Å². The summed E-state index contributed by atoms with van der Waals surface area (Å²) >= 11 is 1.30. The number of carbonyl (C=O) groups is 2. The highest BCUT2D eigenvalue weighted by atomic mass is 32.1. The Hall–Kier alpha value is -4.37. The van der Waals surface area contributed by atoms with E-state index in [0.29, 0.717) is 35.2 Å². The third-order valence-corrected chi connectivity index (χ3v) is 7.49. The van der Waals surface area contributed by atoms with Crippen LogP contribution in [0.25, 0.3) is 16.0 Å². The number of phenolic OH excluding ortho intramolecular Hbond substituents is 1. The zero-order chi connectivity index (χ0) is 27.8. The monoisotopic (exact) mass is 544 g/mol. The average molecular weight is 545 g/mol. The van der Waals surface area contributed by atoms with E-state index in [1.807, 2.05) is 32.9 Å². The molecule has 1 aliphatic rings. The summed E-state index contributed by atoms with van der Waals surface area (Å²) in [6.45, 7) is 8.30. The molecule has 200 valence electrons. The van der Waals surface area contributed by atoms with Crippen molar-refractivity contribution in [1.29, 1.82) is 0 Å². The molecule has 0 radical (unpaired) electrons. The van der Waals surface area contributed by atoms with E-state index in [9.17, 15) is 19.8 Å². The number of aromatic hydroxyl groups is 1. The van der Waals surface area contributed by atoms with Crippen LogP contribution in [0.4, 0.5) is 5.13 Å². The average Bonchev–Trinajstić information content (AvgIpc) is 3.44. The summed E-state index contributed by atoms with van der Waals surface area (Å²) in [6.07, 6.45) is 0. The molecule has 0 aliphatic carbocycles. The number of anilines is 1. The molecule has 1 atom stereocenters. The van der Waals surface area contributed by atoms with E-state index in [4.69, 9.17) is 14.5 Å². The molecule has 2 heterocycles. The number of carbonyl (C=O) groups excluding carboxylic acids is 2. The van der Waals surface area contributed by atoms with Crippen molar-refractivity contribution in [3.8, 4) is 17.2 Å². The number of fused-ring (bicyclic) bond motifs is 1. The summed E-state index contributed by atoms with van der Waals surface area (Å²) in [7, 11) is 0. The van der Waals surface area contributed by atoms with Gasteiger partial charge in [0.25, 0.3) is 5.78 Å². The maximum Gasteiger partial charge on any atom is 0.301 e. The normalized spacial score (nSPS) is 16.7. The van der Waals surface area contributed by atoms with Crippen molar-refractivity contribution in [3.05, 3.63) is 82.4 Å². The highest BCUT2D eigenvalue weighted by molar-refractivity contribution is 7.22. The number of phenols is 1. The van der Waals surface area contributed by atoms with Crippen LogP contribution in [0.5, 0.6) is 17.2 Å². The second-order valence-corrected chi connectivity index (χ2v) is 10.2. The number of hydrogen-bond acceptors (Lipinski definition) is 8. The minimum atomic E-state index is -1.01. The molecule has 4 aromatic rings.